The summed E-state index contributed by atoms with van der Waals surface area (Å²) in [5.74, 6) is 4.37. The van der Waals surface area contributed by atoms with Crippen LogP contribution in [0.2, 0.25) is 10.0 Å². The Balaban J connectivity index is 1.10. The Morgan fingerprint density at radius 3 is 2.49 bits per heavy atom. The van der Waals surface area contributed by atoms with Crippen LogP contribution < -0.4 is 9.62 Å². The molecular formula is C32H31Cl2N5O3S. The van der Waals surface area contributed by atoms with Crippen molar-refractivity contribution >= 4 is 66.9 Å². The predicted octanol–water partition coefficient (Wildman–Crippen LogP) is 6.84. The minimum absolute atomic E-state index is 0.149. The van der Waals surface area contributed by atoms with Gasteiger partial charge in [-0.15, -0.1) is 0 Å². The SMILES string of the molecule is C=S(C)(=O)NC(=O)c1cc(C)c2cc(N3CCC4(C=C(c5c(-c6c(Cl)cncc6Cl)noc5C5CC5)C4)CC3)ccc2n1. The van der Waals surface area contributed by atoms with Crippen molar-refractivity contribution in [2.24, 2.45) is 5.41 Å². The van der Waals surface area contributed by atoms with Crippen LogP contribution in [0.1, 0.15) is 65.4 Å². The highest BCUT2D eigenvalue weighted by molar-refractivity contribution is 7.98. The molecule has 2 aliphatic carbocycles. The van der Waals surface area contributed by atoms with Crippen LogP contribution in [0.3, 0.4) is 0 Å². The molecule has 1 spiro atoms. The number of pyridine rings is 2. The number of hydrogen-bond donors (Lipinski definition) is 1. The molecule has 4 heterocycles. The average molecular weight is 637 g/mol. The first-order valence-corrected chi connectivity index (χ1v) is 17.2. The second-order valence-electron chi connectivity index (χ2n) is 12.2. The van der Waals surface area contributed by atoms with E-state index in [1.807, 2.05) is 13.0 Å². The lowest BCUT2D eigenvalue weighted by molar-refractivity contribution is 0.0978. The van der Waals surface area contributed by atoms with Crippen LogP contribution in [-0.2, 0) is 9.71 Å². The lowest BCUT2D eigenvalue weighted by Gasteiger charge is -2.47. The highest BCUT2D eigenvalue weighted by Gasteiger charge is 2.44. The molecule has 7 rings (SSSR count). The molecule has 1 amide bonds. The Hall–Kier alpha value is -3.40. The van der Waals surface area contributed by atoms with Gasteiger partial charge in [-0.1, -0.05) is 34.4 Å². The van der Waals surface area contributed by atoms with E-state index in [0.717, 1.165) is 78.7 Å². The van der Waals surface area contributed by atoms with E-state index in [1.54, 1.807) is 18.5 Å². The van der Waals surface area contributed by atoms with Crippen molar-refractivity contribution in [1.82, 2.24) is 19.8 Å². The molecule has 8 nitrogen and oxygen atoms in total. The number of anilines is 1. The van der Waals surface area contributed by atoms with Gasteiger partial charge in [-0.05, 0) is 85.7 Å². The summed E-state index contributed by atoms with van der Waals surface area (Å²) < 4.78 is 20.3. The molecule has 1 N–H and O–H groups in total. The van der Waals surface area contributed by atoms with E-state index in [2.05, 4.69) is 48.8 Å². The molecule has 1 aromatic carbocycles. The summed E-state index contributed by atoms with van der Waals surface area (Å²) >= 11 is 13.1. The highest BCUT2D eigenvalue weighted by Crippen LogP contribution is 2.56. The van der Waals surface area contributed by atoms with Crippen molar-refractivity contribution in [2.75, 3.05) is 24.2 Å². The molecular weight excluding hydrogens is 605 g/mol. The third-order valence-electron chi connectivity index (χ3n) is 8.77. The first-order valence-electron chi connectivity index (χ1n) is 14.3. The number of carbonyl (C=O) groups is 1. The van der Waals surface area contributed by atoms with E-state index >= 15 is 0 Å². The Morgan fingerprint density at radius 2 is 1.84 bits per heavy atom. The van der Waals surface area contributed by atoms with Crippen LogP contribution in [0.4, 0.5) is 5.69 Å². The van der Waals surface area contributed by atoms with Crippen molar-refractivity contribution in [2.45, 2.75) is 44.9 Å². The van der Waals surface area contributed by atoms with Crippen LogP contribution in [0, 0.1) is 12.3 Å². The number of amides is 1. The van der Waals surface area contributed by atoms with E-state index < -0.39 is 15.6 Å². The van der Waals surface area contributed by atoms with E-state index in [0.29, 0.717) is 27.2 Å². The van der Waals surface area contributed by atoms with E-state index in [-0.39, 0.29) is 11.1 Å². The number of carbonyl (C=O) groups excluding carboxylic acids is 1. The Kier molecular flexibility index (Phi) is 6.83. The van der Waals surface area contributed by atoms with Gasteiger partial charge in [-0.25, -0.2) is 9.19 Å². The maximum Gasteiger partial charge on any atom is 0.281 e. The summed E-state index contributed by atoms with van der Waals surface area (Å²) in [5.41, 5.74) is 6.92. The number of halogens is 2. The fraction of sp³-hybridized carbons (Fsp3) is 0.344. The van der Waals surface area contributed by atoms with Gasteiger partial charge in [0.05, 0.1) is 15.6 Å². The molecule has 0 bridgehead atoms. The number of fused-ring (bicyclic) bond motifs is 1. The van der Waals surface area contributed by atoms with Crippen molar-refractivity contribution < 1.29 is 13.5 Å². The largest absolute Gasteiger partial charge is 0.371 e. The van der Waals surface area contributed by atoms with Crippen molar-refractivity contribution in [3.8, 4) is 11.3 Å². The summed E-state index contributed by atoms with van der Waals surface area (Å²) in [5, 5.41) is 6.39. The molecule has 0 radical (unpaired) electrons. The summed E-state index contributed by atoms with van der Waals surface area (Å²) in [7, 11) is -2.68. The number of nitrogens with one attached hydrogen (secondary N) is 1. The smallest absolute Gasteiger partial charge is 0.281 e. The normalized spacial score (nSPS) is 19.2. The van der Waals surface area contributed by atoms with Crippen molar-refractivity contribution in [3.05, 3.63) is 75.4 Å². The number of nitrogens with zero attached hydrogens (tertiary/aromatic N) is 4. The van der Waals surface area contributed by atoms with Gasteiger partial charge < -0.3 is 9.42 Å². The third kappa shape index (κ3) is 5.32. The van der Waals surface area contributed by atoms with Gasteiger partial charge in [0.25, 0.3) is 5.91 Å². The van der Waals surface area contributed by atoms with Gasteiger partial charge >= 0.3 is 0 Å². The summed E-state index contributed by atoms with van der Waals surface area (Å²) in [4.78, 5) is 23.6. The monoisotopic (exact) mass is 635 g/mol. The number of rotatable bonds is 6. The molecule has 222 valence electrons. The highest BCUT2D eigenvalue weighted by atomic mass is 35.5. The zero-order valence-corrected chi connectivity index (χ0v) is 26.3. The van der Waals surface area contributed by atoms with Crippen molar-refractivity contribution in [3.63, 3.8) is 0 Å². The number of hydrogen-bond acceptors (Lipinski definition) is 7. The van der Waals surface area contributed by atoms with E-state index in [4.69, 9.17) is 27.7 Å². The fourth-order valence-corrected chi connectivity index (χ4v) is 7.44. The second kappa shape index (κ2) is 10.4. The zero-order chi connectivity index (χ0) is 30.1. The molecule has 1 unspecified atom stereocenters. The lowest BCUT2D eigenvalue weighted by Crippen LogP contribution is -2.42. The first-order chi connectivity index (χ1) is 20.5. The lowest BCUT2D eigenvalue weighted by atomic mass is 9.63. The standard InChI is InChI=1S/C32H31Cl2N5O3S/c1-18-12-26(31(40)38-43(2,3)41)36-25-7-6-21(13-22(18)25)39-10-8-32(9-11-39)14-20(15-32)27-29(37-42-30(27)19-4-5-19)28-23(33)16-35-17-24(28)34/h6-7,12-14,16-17,19H,2,4-5,8-11,15H2,1,3H3,(H,38,40,41). The number of aromatic nitrogens is 3. The molecule has 4 aromatic rings. The molecule has 1 atom stereocenters. The van der Waals surface area contributed by atoms with Gasteiger partial charge in [0.15, 0.2) is 0 Å². The van der Waals surface area contributed by atoms with Gasteiger partial charge in [0, 0.05) is 69.6 Å². The van der Waals surface area contributed by atoms with Crippen molar-refractivity contribution in [1.29, 1.82) is 0 Å². The summed E-state index contributed by atoms with van der Waals surface area (Å²) in [6.07, 6.45) is 12.3. The zero-order valence-electron chi connectivity index (χ0n) is 24.0. The molecule has 43 heavy (non-hydrogen) atoms. The number of allylic oxidation sites excluding steroid dienone is 2. The number of benzene rings is 1. The van der Waals surface area contributed by atoms with Crippen LogP contribution in [0.5, 0.6) is 0 Å². The van der Waals surface area contributed by atoms with E-state index in [1.165, 1.54) is 11.8 Å². The minimum atomic E-state index is -2.68. The Labute approximate surface area is 260 Å². The van der Waals surface area contributed by atoms with Crippen LogP contribution in [0.25, 0.3) is 27.7 Å². The number of piperidine rings is 1. The Morgan fingerprint density at radius 1 is 1.14 bits per heavy atom. The van der Waals surface area contributed by atoms with Gasteiger partial charge in [-0.3, -0.25) is 14.5 Å². The fourth-order valence-electron chi connectivity index (χ4n) is 6.40. The molecule has 1 saturated heterocycles. The van der Waals surface area contributed by atoms with Crippen LogP contribution in [-0.4, -0.2) is 50.5 Å². The van der Waals surface area contributed by atoms with E-state index in [9.17, 15) is 9.00 Å². The summed E-state index contributed by atoms with van der Waals surface area (Å²) in [6, 6.07) is 7.90. The average Bonchev–Trinajstić information content (AvgIpc) is 3.70. The van der Waals surface area contributed by atoms with Crippen LogP contribution >= 0.6 is 23.2 Å². The maximum absolute atomic E-state index is 12.5. The van der Waals surface area contributed by atoms with Crippen LogP contribution in [0.15, 0.2) is 47.3 Å². The third-order valence-corrected chi connectivity index (χ3v) is 9.96. The molecule has 3 aliphatic rings. The second-order valence-corrected chi connectivity index (χ2v) is 15.2. The molecule has 2 fully saturated rings. The minimum Gasteiger partial charge on any atom is -0.371 e. The van der Waals surface area contributed by atoms with Gasteiger partial charge in [-0.2, -0.15) is 0 Å². The molecule has 3 aromatic heterocycles. The summed E-state index contributed by atoms with van der Waals surface area (Å²) in [6.45, 7) is 3.83. The van der Waals surface area contributed by atoms with Gasteiger partial charge in [0.2, 0.25) is 0 Å². The molecule has 1 aliphatic heterocycles. The maximum atomic E-state index is 12.5. The first kappa shape index (κ1) is 28.4. The number of aryl methyl sites for hydroxylation is 1. The predicted molar refractivity (Wildman–Crippen MR) is 173 cm³/mol. The quantitative estimate of drug-likeness (QED) is 0.231. The van der Waals surface area contributed by atoms with Gasteiger partial charge in [0.1, 0.15) is 17.1 Å². The Bertz CT molecular complexity index is 1920. The molecule has 1 saturated carbocycles. The topological polar surface area (TPSA) is 101 Å². The molecule has 11 heteroatoms.